The van der Waals surface area contributed by atoms with E-state index in [0.717, 1.165) is 10.6 Å². The van der Waals surface area contributed by atoms with Crippen LogP contribution in [-0.4, -0.2) is 23.0 Å². The zero-order valence-corrected chi connectivity index (χ0v) is 14.5. The molecule has 0 aliphatic carbocycles. The molecular weight excluding hydrogens is 338 g/mol. The average Bonchev–Trinajstić information content (AvgIpc) is 3.10. The Hall–Kier alpha value is -2.77. The molecule has 0 aliphatic heterocycles. The first-order chi connectivity index (χ1) is 12.2. The monoisotopic (exact) mass is 355 g/mol. The molecule has 0 aliphatic rings. The Morgan fingerprint density at radius 3 is 2.96 bits per heavy atom. The largest absolute Gasteiger partial charge is 0.489 e. The number of ether oxygens (including phenoxy) is 2. The maximum Gasteiger partial charge on any atom is 0.275 e. The zero-order chi connectivity index (χ0) is 17.5. The summed E-state index contributed by atoms with van der Waals surface area (Å²) in [5.74, 6) is 0.406. The molecule has 0 fully saturated rings. The van der Waals surface area contributed by atoms with Crippen molar-refractivity contribution in [2.45, 2.75) is 13.2 Å². The van der Waals surface area contributed by atoms with Crippen molar-refractivity contribution >= 4 is 22.9 Å². The van der Waals surface area contributed by atoms with Gasteiger partial charge < -0.3 is 14.8 Å². The van der Waals surface area contributed by atoms with Crippen LogP contribution in [0.2, 0.25) is 0 Å². The van der Waals surface area contributed by atoms with Gasteiger partial charge in [0.2, 0.25) is 0 Å². The number of nitrogens with zero attached hydrogens (tertiary/aromatic N) is 2. The van der Waals surface area contributed by atoms with Gasteiger partial charge in [0.15, 0.2) is 0 Å². The number of methoxy groups -OCH3 is 1. The van der Waals surface area contributed by atoms with Crippen molar-refractivity contribution in [3.8, 4) is 5.75 Å². The van der Waals surface area contributed by atoms with E-state index in [-0.39, 0.29) is 5.91 Å². The molecule has 2 heterocycles. The van der Waals surface area contributed by atoms with Crippen molar-refractivity contribution in [2.24, 2.45) is 0 Å². The van der Waals surface area contributed by atoms with E-state index in [1.807, 2.05) is 24.3 Å². The van der Waals surface area contributed by atoms with Crippen LogP contribution < -0.4 is 10.1 Å². The van der Waals surface area contributed by atoms with Gasteiger partial charge in [-0.25, -0.2) is 4.98 Å². The molecule has 6 nitrogen and oxygen atoms in total. The summed E-state index contributed by atoms with van der Waals surface area (Å²) in [6.45, 7) is 0.813. The molecule has 128 valence electrons. The molecule has 1 amide bonds. The Bertz CT molecular complexity index is 836. The van der Waals surface area contributed by atoms with Crippen molar-refractivity contribution in [3.63, 3.8) is 0 Å². The molecular formula is C18H17N3O3S. The van der Waals surface area contributed by atoms with Crippen LogP contribution >= 0.6 is 11.3 Å². The molecule has 0 bridgehead atoms. The maximum atomic E-state index is 12.3. The highest BCUT2D eigenvalue weighted by molar-refractivity contribution is 7.09. The number of anilines is 1. The Morgan fingerprint density at radius 2 is 2.16 bits per heavy atom. The first kappa shape index (κ1) is 17.1. The summed E-state index contributed by atoms with van der Waals surface area (Å²) in [5, 5.41) is 5.30. The van der Waals surface area contributed by atoms with Gasteiger partial charge in [0, 0.05) is 42.2 Å². The van der Waals surface area contributed by atoms with Crippen LogP contribution in [0.1, 0.15) is 21.1 Å². The van der Waals surface area contributed by atoms with Crippen molar-refractivity contribution in [2.75, 3.05) is 12.4 Å². The van der Waals surface area contributed by atoms with E-state index in [1.54, 1.807) is 37.0 Å². The quantitative estimate of drug-likeness (QED) is 0.702. The SMILES string of the molecule is COCc1nc(C(=O)Nc2cccc(OCc3cccnc3)c2)cs1. The lowest BCUT2D eigenvalue weighted by atomic mass is 10.3. The average molecular weight is 355 g/mol. The Morgan fingerprint density at radius 1 is 1.24 bits per heavy atom. The molecule has 0 atom stereocenters. The highest BCUT2D eigenvalue weighted by Crippen LogP contribution is 2.20. The van der Waals surface area contributed by atoms with Crippen LogP contribution in [0.25, 0.3) is 0 Å². The molecule has 7 heteroatoms. The molecule has 1 aromatic carbocycles. The van der Waals surface area contributed by atoms with Gasteiger partial charge in [-0.15, -0.1) is 11.3 Å². The zero-order valence-electron chi connectivity index (χ0n) is 13.6. The van der Waals surface area contributed by atoms with Crippen molar-refractivity contribution in [3.05, 3.63) is 70.4 Å². The van der Waals surface area contributed by atoms with E-state index in [4.69, 9.17) is 9.47 Å². The van der Waals surface area contributed by atoms with Gasteiger partial charge >= 0.3 is 0 Å². The van der Waals surface area contributed by atoms with E-state index < -0.39 is 0 Å². The predicted molar refractivity (Wildman–Crippen MR) is 95.8 cm³/mol. The molecule has 0 unspecified atom stereocenters. The van der Waals surface area contributed by atoms with Gasteiger partial charge in [-0.05, 0) is 18.2 Å². The first-order valence-electron chi connectivity index (χ1n) is 7.61. The third kappa shape index (κ3) is 4.85. The van der Waals surface area contributed by atoms with Gasteiger partial charge in [0.25, 0.3) is 5.91 Å². The molecule has 0 radical (unpaired) electrons. The van der Waals surface area contributed by atoms with Crippen molar-refractivity contribution < 1.29 is 14.3 Å². The highest BCUT2D eigenvalue weighted by Gasteiger charge is 2.11. The first-order valence-corrected chi connectivity index (χ1v) is 8.49. The van der Waals surface area contributed by atoms with Crippen molar-refractivity contribution in [1.82, 2.24) is 9.97 Å². The van der Waals surface area contributed by atoms with Crippen LogP contribution in [0.15, 0.2) is 54.2 Å². The van der Waals surface area contributed by atoms with Crippen LogP contribution in [0.3, 0.4) is 0 Å². The van der Waals surface area contributed by atoms with Crippen molar-refractivity contribution in [1.29, 1.82) is 0 Å². The van der Waals surface area contributed by atoms with Gasteiger partial charge in [0.1, 0.15) is 23.1 Å². The number of aromatic nitrogens is 2. The van der Waals surface area contributed by atoms with Gasteiger partial charge in [-0.1, -0.05) is 12.1 Å². The normalized spacial score (nSPS) is 10.4. The Labute approximate surface area is 149 Å². The summed E-state index contributed by atoms with van der Waals surface area (Å²) in [4.78, 5) is 20.6. The Balaban J connectivity index is 1.61. The van der Waals surface area contributed by atoms with Gasteiger partial charge in [-0.2, -0.15) is 0 Å². The summed E-state index contributed by atoms with van der Waals surface area (Å²) < 4.78 is 10.7. The second-order valence-corrected chi connectivity index (χ2v) is 6.13. The lowest BCUT2D eigenvalue weighted by Crippen LogP contribution is -2.12. The van der Waals surface area contributed by atoms with Gasteiger partial charge in [0.05, 0.1) is 6.61 Å². The lowest BCUT2D eigenvalue weighted by molar-refractivity contribution is 0.102. The smallest absolute Gasteiger partial charge is 0.275 e. The lowest BCUT2D eigenvalue weighted by Gasteiger charge is -2.08. The number of hydrogen-bond donors (Lipinski definition) is 1. The second-order valence-electron chi connectivity index (χ2n) is 5.19. The number of nitrogens with one attached hydrogen (secondary N) is 1. The number of thiazole rings is 1. The third-order valence-electron chi connectivity index (χ3n) is 3.27. The summed E-state index contributed by atoms with van der Waals surface area (Å²) in [7, 11) is 1.60. The standard InChI is InChI=1S/C18H17N3O3S/c1-23-11-17-21-16(12-25-17)18(22)20-14-5-2-6-15(8-14)24-10-13-4-3-7-19-9-13/h2-9,12H,10-11H2,1H3,(H,20,22). The van der Waals surface area contributed by atoms with E-state index >= 15 is 0 Å². The molecule has 25 heavy (non-hydrogen) atoms. The van der Waals surface area contributed by atoms with E-state index in [1.165, 1.54) is 11.3 Å². The summed E-state index contributed by atoms with van der Waals surface area (Å²) in [6.07, 6.45) is 3.47. The summed E-state index contributed by atoms with van der Waals surface area (Å²) in [5.41, 5.74) is 2.00. The minimum atomic E-state index is -0.261. The summed E-state index contributed by atoms with van der Waals surface area (Å²) >= 11 is 1.39. The molecule has 3 rings (SSSR count). The fourth-order valence-corrected chi connectivity index (χ4v) is 2.86. The number of rotatable bonds is 7. The number of pyridine rings is 1. The van der Waals surface area contributed by atoms with Gasteiger partial charge in [-0.3, -0.25) is 9.78 Å². The third-order valence-corrected chi connectivity index (χ3v) is 4.09. The minimum Gasteiger partial charge on any atom is -0.489 e. The van der Waals surface area contributed by atoms with Crippen LogP contribution in [0.4, 0.5) is 5.69 Å². The molecule has 2 aromatic heterocycles. The van der Waals surface area contributed by atoms with Crippen LogP contribution in [-0.2, 0) is 18.0 Å². The van der Waals surface area contributed by atoms with Crippen LogP contribution in [0, 0.1) is 0 Å². The molecule has 1 N–H and O–H groups in total. The number of carbonyl (C=O) groups excluding carboxylic acids is 1. The number of benzene rings is 1. The van der Waals surface area contributed by atoms with E-state index in [9.17, 15) is 4.79 Å². The number of hydrogen-bond acceptors (Lipinski definition) is 6. The predicted octanol–water partition coefficient (Wildman–Crippen LogP) is 3.52. The molecule has 0 saturated carbocycles. The molecule has 0 spiro atoms. The van der Waals surface area contributed by atoms with E-state index in [2.05, 4.69) is 15.3 Å². The summed E-state index contributed by atoms with van der Waals surface area (Å²) in [6, 6.07) is 11.0. The minimum absolute atomic E-state index is 0.261. The molecule has 3 aromatic rings. The second kappa shape index (κ2) is 8.36. The highest BCUT2D eigenvalue weighted by atomic mass is 32.1. The molecule has 0 saturated heterocycles. The number of amides is 1. The Kier molecular flexibility index (Phi) is 5.71. The fraction of sp³-hybridized carbons (Fsp3) is 0.167. The maximum absolute atomic E-state index is 12.3. The number of carbonyl (C=O) groups is 1. The fourth-order valence-electron chi connectivity index (χ4n) is 2.11. The topological polar surface area (TPSA) is 73.3 Å². The van der Waals surface area contributed by atoms with Crippen LogP contribution in [0.5, 0.6) is 5.75 Å². The van der Waals surface area contributed by atoms with E-state index in [0.29, 0.717) is 30.3 Å².